The first-order valence-corrected chi connectivity index (χ1v) is 5.02. The maximum Gasteiger partial charge on any atom is 0.0323 e. The van der Waals surface area contributed by atoms with Gasteiger partial charge in [-0.1, -0.05) is 39.0 Å². The van der Waals surface area contributed by atoms with Crippen molar-refractivity contribution >= 4 is 0 Å². The van der Waals surface area contributed by atoms with Crippen molar-refractivity contribution in [1.29, 1.82) is 0 Å². The third kappa shape index (κ3) is 2.82. The first-order chi connectivity index (χ1) is 5.27. The van der Waals surface area contributed by atoms with Crippen LogP contribution in [0.15, 0.2) is 0 Å². The zero-order chi connectivity index (χ0) is 8.16. The van der Waals surface area contributed by atoms with Crippen molar-refractivity contribution in [1.82, 2.24) is 5.73 Å². The maximum absolute atomic E-state index is 8.16. The Morgan fingerprint density at radius 2 is 1.64 bits per heavy atom. The molecule has 1 fully saturated rings. The van der Waals surface area contributed by atoms with Crippen LogP contribution in [-0.2, 0) is 0 Å². The highest BCUT2D eigenvalue weighted by atomic mass is 14.7. The number of hydrogen-bond acceptors (Lipinski definition) is 0. The van der Waals surface area contributed by atoms with Crippen LogP contribution in [0.2, 0.25) is 0 Å². The molecule has 1 saturated carbocycles. The molecular weight excluding hydrogens is 134 g/mol. The van der Waals surface area contributed by atoms with E-state index < -0.39 is 0 Å². The van der Waals surface area contributed by atoms with Crippen molar-refractivity contribution in [2.75, 3.05) is 0 Å². The van der Waals surface area contributed by atoms with Crippen LogP contribution in [0.25, 0.3) is 0 Å². The molecule has 1 N–H and O–H groups in total. The SMILES string of the molecule is CCCC1([NH])CCCCCC1. The fraction of sp³-hybridized carbons (Fsp3) is 1.00. The van der Waals surface area contributed by atoms with Gasteiger partial charge in [0.15, 0.2) is 0 Å². The first kappa shape index (κ1) is 9.05. The molecule has 0 aliphatic heterocycles. The Labute approximate surface area is 70.4 Å². The summed E-state index contributed by atoms with van der Waals surface area (Å²) < 4.78 is 0. The lowest BCUT2D eigenvalue weighted by Crippen LogP contribution is -2.29. The molecule has 0 saturated heterocycles. The van der Waals surface area contributed by atoms with Crippen LogP contribution in [0.3, 0.4) is 0 Å². The summed E-state index contributed by atoms with van der Waals surface area (Å²) in [5, 5.41) is 0. The van der Waals surface area contributed by atoms with Crippen LogP contribution in [0.4, 0.5) is 0 Å². The van der Waals surface area contributed by atoms with E-state index in [4.69, 9.17) is 5.73 Å². The zero-order valence-electron chi connectivity index (χ0n) is 7.66. The molecule has 0 atom stereocenters. The molecule has 0 unspecified atom stereocenters. The Morgan fingerprint density at radius 3 is 2.09 bits per heavy atom. The van der Waals surface area contributed by atoms with E-state index in [1.165, 1.54) is 32.1 Å². The number of rotatable bonds is 2. The number of hydrogen-bond donors (Lipinski definition) is 0. The van der Waals surface area contributed by atoms with Gasteiger partial charge in [-0.25, -0.2) is 0 Å². The van der Waals surface area contributed by atoms with Crippen LogP contribution in [0.1, 0.15) is 58.3 Å². The van der Waals surface area contributed by atoms with E-state index >= 15 is 0 Å². The Hall–Kier alpha value is -0.0400. The summed E-state index contributed by atoms with van der Waals surface area (Å²) in [6.07, 6.45) is 9.93. The van der Waals surface area contributed by atoms with Crippen molar-refractivity contribution in [2.24, 2.45) is 0 Å². The second-order valence-electron chi connectivity index (χ2n) is 3.94. The minimum atomic E-state index is -0.0365. The van der Waals surface area contributed by atoms with Crippen molar-refractivity contribution in [3.63, 3.8) is 0 Å². The molecule has 0 amide bonds. The molecule has 11 heavy (non-hydrogen) atoms. The summed E-state index contributed by atoms with van der Waals surface area (Å²) >= 11 is 0. The second kappa shape index (κ2) is 4.10. The quantitative estimate of drug-likeness (QED) is 0.546. The van der Waals surface area contributed by atoms with Crippen molar-refractivity contribution in [2.45, 2.75) is 63.8 Å². The first-order valence-electron chi connectivity index (χ1n) is 5.02. The predicted octanol–water partition coefficient (Wildman–Crippen LogP) is 3.16. The Balaban J connectivity index is 2.38. The Morgan fingerprint density at radius 1 is 1.09 bits per heavy atom. The van der Waals surface area contributed by atoms with Crippen LogP contribution in [0.5, 0.6) is 0 Å². The largest absolute Gasteiger partial charge is 0.251 e. The lowest BCUT2D eigenvalue weighted by Gasteiger charge is -2.25. The van der Waals surface area contributed by atoms with Gasteiger partial charge in [-0.15, -0.1) is 0 Å². The third-order valence-corrected chi connectivity index (χ3v) is 2.79. The van der Waals surface area contributed by atoms with Gasteiger partial charge in [-0.05, 0) is 19.3 Å². The van der Waals surface area contributed by atoms with Crippen LogP contribution < -0.4 is 5.73 Å². The minimum Gasteiger partial charge on any atom is -0.251 e. The average Bonchev–Trinajstić information content (AvgIpc) is 2.15. The molecule has 1 aliphatic rings. The lowest BCUT2D eigenvalue weighted by atomic mass is 9.87. The maximum atomic E-state index is 8.16. The van der Waals surface area contributed by atoms with Crippen molar-refractivity contribution in [3.05, 3.63) is 0 Å². The molecule has 65 valence electrons. The summed E-state index contributed by atoms with van der Waals surface area (Å²) in [6, 6.07) is 0. The van der Waals surface area contributed by atoms with E-state index in [1.807, 2.05) is 0 Å². The summed E-state index contributed by atoms with van der Waals surface area (Å²) in [6.45, 7) is 2.20. The van der Waals surface area contributed by atoms with Gasteiger partial charge in [0, 0.05) is 5.54 Å². The molecule has 1 nitrogen and oxygen atoms in total. The molecule has 0 bridgehead atoms. The lowest BCUT2D eigenvalue weighted by molar-refractivity contribution is 0.329. The minimum absolute atomic E-state index is 0.0365. The summed E-state index contributed by atoms with van der Waals surface area (Å²) in [5.41, 5.74) is 8.12. The standard InChI is InChI=1S/C10H20N/c1-2-7-10(11)8-5-3-4-6-9-10/h11H,2-9H2,1H3. The van der Waals surface area contributed by atoms with Crippen LogP contribution in [-0.4, -0.2) is 5.54 Å². The summed E-state index contributed by atoms with van der Waals surface area (Å²) in [5.74, 6) is 0. The normalized spacial score (nSPS) is 24.5. The van der Waals surface area contributed by atoms with Gasteiger partial charge in [0.2, 0.25) is 0 Å². The van der Waals surface area contributed by atoms with Crippen LogP contribution >= 0.6 is 0 Å². The topological polar surface area (TPSA) is 23.8 Å². The number of nitrogens with one attached hydrogen (secondary N) is 1. The molecule has 0 aromatic carbocycles. The fourth-order valence-corrected chi connectivity index (χ4v) is 2.13. The van der Waals surface area contributed by atoms with E-state index in [-0.39, 0.29) is 5.54 Å². The summed E-state index contributed by atoms with van der Waals surface area (Å²) in [7, 11) is 0. The van der Waals surface area contributed by atoms with E-state index in [0.29, 0.717) is 0 Å². The van der Waals surface area contributed by atoms with Crippen molar-refractivity contribution < 1.29 is 0 Å². The Kier molecular flexibility index (Phi) is 3.38. The van der Waals surface area contributed by atoms with Gasteiger partial charge in [0.25, 0.3) is 0 Å². The highest BCUT2D eigenvalue weighted by Crippen LogP contribution is 2.29. The smallest absolute Gasteiger partial charge is 0.0323 e. The highest BCUT2D eigenvalue weighted by molar-refractivity contribution is 4.84. The third-order valence-electron chi connectivity index (χ3n) is 2.79. The molecule has 0 heterocycles. The molecule has 0 aromatic heterocycles. The van der Waals surface area contributed by atoms with Gasteiger partial charge >= 0.3 is 0 Å². The summed E-state index contributed by atoms with van der Waals surface area (Å²) in [4.78, 5) is 0. The predicted molar refractivity (Wildman–Crippen MR) is 48.4 cm³/mol. The molecule has 0 spiro atoms. The molecule has 1 aliphatic carbocycles. The van der Waals surface area contributed by atoms with E-state index in [0.717, 1.165) is 19.3 Å². The molecule has 0 aromatic rings. The fourth-order valence-electron chi connectivity index (χ4n) is 2.13. The monoisotopic (exact) mass is 154 g/mol. The van der Waals surface area contributed by atoms with Gasteiger partial charge in [-0.3, -0.25) is 5.73 Å². The highest BCUT2D eigenvalue weighted by Gasteiger charge is 2.25. The van der Waals surface area contributed by atoms with Crippen LogP contribution in [0, 0.1) is 0 Å². The van der Waals surface area contributed by atoms with Crippen molar-refractivity contribution in [3.8, 4) is 0 Å². The van der Waals surface area contributed by atoms with E-state index in [1.54, 1.807) is 0 Å². The molecular formula is C10H20N. The van der Waals surface area contributed by atoms with Gasteiger partial charge in [0.05, 0.1) is 0 Å². The zero-order valence-corrected chi connectivity index (χ0v) is 7.66. The van der Waals surface area contributed by atoms with E-state index in [9.17, 15) is 0 Å². The molecule has 1 heteroatoms. The average molecular weight is 154 g/mol. The van der Waals surface area contributed by atoms with Gasteiger partial charge in [-0.2, -0.15) is 0 Å². The van der Waals surface area contributed by atoms with E-state index in [2.05, 4.69) is 6.92 Å². The second-order valence-corrected chi connectivity index (χ2v) is 3.94. The van der Waals surface area contributed by atoms with Gasteiger partial charge in [0.1, 0.15) is 0 Å². The van der Waals surface area contributed by atoms with Gasteiger partial charge < -0.3 is 0 Å². The molecule has 1 radical (unpaired) electrons. The molecule has 1 rings (SSSR count). The Bertz CT molecular complexity index is 101.